The lowest BCUT2D eigenvalue weighted by Gasteiger charge is -2.24. The lowest BCUT2D eigenvalue weighted by molar-refractivity contribution is -0.146. The fraction of sp³-hybridized carbons (Fsp3) is 0.350. The highest BCUT2D eigenvalue weighted by Crippen LogP contribution is 2.29. The van der Waals surface area contributed by atoms with Crippen molar-refractivity contribution in [2.75, 3.05) is 5.32 Å². The largest absolute Gasteiger partial charge is 0.481 e. The zero-order chi connectivity index (χ0) is 20.4. The molecule has 3 rings (SSSR count). The van der Waals surface area contributed by atoms with E-state index in [9.17, 15) is 14.7 Å². The topological polar surface area (TPSA) is 84.2 Å². The molecule has 148 valence electrons. The van der Waals surface area contributed by atoms with Gasteiger partial charge in [0.1, 0.15) is 0 Å². The van der Waals surface area contributed by atoms with Gasteiger partial charge in [-0.05, 0) is 44.4 Å². The monoisotopic (exact) mass is 421 g/mol. The Balaban J connectivity index is 1.79. The lowest BCUT2D eigenvalue weighted by atomic mass is 9.82. The first-order chi connectivity index (χ1) is 13.3. The Kier molecular flexibility index (Phi) is 6.10. The number of hydrogen-bond donors (Lipinski definition) is 2. The number of halogens is 2. The zero-order valence-corrected chi connectivity index (χ0v) is 17.1. The summed E-state index contributed by atoms with van der Waals surface area (Å²) in [6.07, 6.45) is 4.45. The van der Waals surface area contributed by atoms with E-state index in [-0.39, 0.29) is 5.91 Å². The van der Waals surface area contributed by atoms with Gasteiger partial charge in [0.2, 0.25) is 5.91 Å². The van der Waals surface area contributed by atoms with Gasteiger partial charge >= 0.3 is 5.97 Å². The standard InChI is InChI=1S/C20H21Cl2N3O3/c1-11-18(23-19(26)14-5-3-4-6-15(14)20(27)28)12(2)25(24-11)10-13-7-8-16(21)17(22)9-13/h3-4,7-9,14-15H,5-6,10H2,1-2H3,(H,23,26)(H,27,28)/t14-,15-/m0/s1. The fourth-order valence-electron chi connectivity index (χ4n) is 3.44. The van der Waals surface area contributed by atoms with Crippen molar-refractivity contribution in [1.29, 1.82) is 0 Å². The second kappa shape index (κ2) is 8.37. The third-order valence-corrected chi connectivity index (χ3v) is 5.77. The number of allylic oxidation sites excluding steroid dienone is 2. The van der Waals surface area contributed by atoms with Crippen LogP contribution in [0, 0.1) is 25.7 Å². The average molecular weight is 422 g/mol. The number of aryl methyl sites for hydroxylation is 1. The van der Waals surface area contributed by atoms with E-state index in [0.29, 0.717) is 40.8 Å². The number of aromatic nitrogens is 2. The average Bonchev–Trinajstić information content (AvgIpc) is 2.92. The number of carboxylic acid groups (broad SMARTS) is 1. The number of carboxylic acids is 1. The molecule has 1 aliphatic carbocycles. The lowest BCUT2D eigenvalue weighted by Crippen LogP contribution is -2.35. The van der Waals surface area contributed by atoms with Crippen molar-refractivity contribution in [3.63, 3.8) is 0 Å². The van der Waals surface area contributed by atoms with Crippen LogP contribution < -0.4 is 5.32 Å². The number of aliphatic carboxylic acids is 1. The Labute approximate surface area is 173 Å². The summed E-state index contributed by atoms with van der Waals surface area (Å²) in [6.45, 7) is 4.15. The number of nitrogens with zero attached hydrogens (tertiary/aromatic N) is 2. The minimum absolute atomic E-state index is 0.294. The quantitative estimate of drug-likeness (QED) is 0.697. The highest BCUT2D eigenvalue weighted by molar-refractivity contribution is 6.42. The molecule has 1 aromatic heterocycles. The molecular weight excluding hydrogens is 401 g/mol. The summed E-state index contributed by atoms with van der Waals surface area (Å²) in [5, 5.41) is 17.7. The summed E-state index contributed by atoms with van der Waals surface area (Å²) in [4.78, 5) is 24.2. The van der Waals surface area contributed by atoms with Crippen molar-refractivity contribution in [1.82, 2.24) is 9.78 Å². The molecule has 0 fully saturated rings. The van der Waals surface area contributed by atoms with Gasteiger partial charge in [-0.2, -0.15) is 5.10 Å². The summed E-state index contributed by atoms with van der Waals surface area (Å²) < 4.78 is 1.78. The molecule has 0 saturated heterocycles. The molecule has 0 unspecified atom stereocenters. The third kappa shape index (κ3) is 4.23. The Morgan fingerprint density at radius 2 is 1.86 bits per heavy atom. The van der Waals surface area contributed by atoms with Crippen LogP contribution in [0.2, 0.25) is 10.0 Å². The smallest absolute Gasteiger partial charge is 0.307 e. The van der Waals surface area contributed by atoms with E-state index in [0.717, 1.165) is 11.3 Å². The minimum Gasteiger partial charge on any atom is -0.481 e. The highest BCUT2D eigenvalue weighted by atomic mass is 35.5. The second-order valence-electron chi connectivity index (χ2n) is 6.94. The molecule has 28 heavy (non-hydrogen) atoms. The van der Waals surface area contributed by atoms with E-state index in [1.54, 1.807) is 16.8 Å². The Bertz CT molecular complexity index is 952. The van der Waals surface area contributed by atoms with Crippen LogP contribution in [0.1, 0.15) is 29.8 Å². The number of benzene rings is 1. The van der Waals surface area contributed by atoms with Gasteiger partial charge in [0.25, 0.3) is 0 Å². The number of carbonyl (C=O) groups excluding carboxylic acids is 1. The van der Waals surface area contributed by atoms with Crippen LogP contribution in [0.5, 0.6) is 0 Å². The van der Waals surface area contributed by atoms with Gasteiger partial charge in [-0.1, -0.05) is 41.4 Å². The van der Waals surface area contributed by atoms with Crippen molar-refractivity contribution < 1.29 is 14.7 Å². The summed E-state index contributed by atoms with van der Waals surface area (Å²) in [5.74, 6) is -2.55. The van der Waals surface area contributed by atoms with Gasteiger partial charge in [-0.25, -0.2) is 0 Å². The van der Waals surface area contributed by atoms with Crippen LogP contribution in [0.4, 0.5) is 5.69 Å². The van der Waals surface area contributed by atoms with E-state index in [1.165, 1.54) is 0 Å². The Morgan fingerprint density at radius 1 is 1.18 bits per heavy atom. The number of nitrogens with one attached hydrogen (secondary N) is 1. The molecule has 6 nitrogen and oxygen atoms in total. The molecule has 2 atom stereocenters. The molecule has 1 aromatic carbocycles. The maximum absolute atomic E-state index is 12.8. The first-order valence-electron chi connectivity index (χ1n) is 8.94. The van der Waals surface area contributed by atoms with Crippen LogP contribution in [0.25, 0.3) is 0 Å². The van der Waals surface area contributed by atoms with Crippen molar-refractivity contribution >= 4 is 40.8 Å². The van der Waals surface area contributed by atoms with E-state index in [2.05, 4.69) is 10.4 Å². The minimum atomic E-state index is -0.951. The predicted octanol–water partition coefficient (Wildman–Crippen LogP) is 4.46. The van der Waals surface area contributed by atoms with Crippen LogP contribution in [-0.4, -0.2) is 26.8 Å². The number of carbonyl (C=O) groups is 2. The highest BCUT2D eigenvalue weighted by Gasteiger charge is 2.34. The van der Waals surface area contributed by atoms with E-state index in [4.69, 9.17) is 23.2 Å². The predicted molar refractivity (Wildman–Crippen MR) is 109 cm³/mol. The van der Waals surface area contributed by atoms with E-state index >= 15 is 0 Å². The molecule has 2 N–H and O–H groups in total. The van der Waals surface area contributed by atoms with Crippen LogP contribution in [-0.2, 0) is 16.1 Å². The number of rotatable bonds is 5. The Morgan fingerprint density at radius 3 is 2.50 bits per heavy atom. The number of anilines is 1. The van der Waals surface area contributed by atoms with Gasteiger partial charge < -0.3 is 10.4 Å². The molecule has 2 aromatic rings. The molecule has 1 amide bonds. The van der Waals surface area contributed by atoms with Gasteiger partial charge in [0.15, 0.2) is 0 Å². The Hall–Kier alpha value is -2.31. The maximum atomic E-state index is 12.8. The zero-order valence-electron chi connectivity index (χ0n) is 15.6. The van der Waals surface area contributed by atoms with E-state index in [1.807, 2.05) is 32.1 Å². The van der Waals surface area contributed by atoms with Gasteiger partial charge in [-0.3, -0.25) is 14.3 Å². The third-order valence-electron chi connectivity index (χ3n) is 5.03. The van der Waals surface area contributed by atoms with Crippen LogP contribution in [0.15, 0.2) is 30.4 Å². The molecule has 0 saturated carbocycles. The number of amides is 1. The molecular formula is C20H21Cl2N3O3. The summed E-state index contributed by atoms with van der Waals surface area (Å²) in [5.41, 5.74) is 3.00. The summed E-state index contributed by atoms with van der Waals surface area (Å²) in [6, 6.07) is 5.38. The molecule has 1 heterocycles. The summed E-state index contributed by atoms with van der Waals surface area (Å²) in [7, 11) is 0. The van der Waals surface area contributed by atoms with Crippen molar-refractivity contribution in [3.8, 4) is 0 Å². The molecule has 8 heteroatoms. The van der Waals surface area contributed by atoms with Crippen molar-refractivity contribution in [2.45, 2.75) is 33.2 Å². The SMILES string of the molecule is Cc1nn(Cc2ccc(Cl)c(Cl)c2)c(C)c1NC(=O)[C@H]1CC=CC[C@@H]1C(=O)O. The maximum Gasteiger partial charge on any atom is 0.307 e. The first-order valence-corrected chi connectivity index (χ1v) is 9.70. The normalized spacial score (nSPS) is 18.9. The summed E-state index contributed by atoms with van der Waals surface area (Å²) >= 11 is 12.0. The van der Waals surface area contributed by atoms with E-state index < -0.39 is 17.8 Å². The number of hydrogen-bond acceptors (Lipinski definition) is 3. The fourth-order valence-corrected chi connectivity index (χ4v) is 3.76. The van der Waals surface area contributed by atoms with Gasteiger partial charge in [0, 0.05) is 0 Å². The van der Waals surface area contributed by atoms with Gasteiger partial charge in [-0.15, -0.1) is 0 Å². The van der Waals surface area contributed by atoms with Crippen molar-refractivity contribution in [3.05, 3.63) is 57.3 Å². The van der Waals surface area contributed by atoms with Gasteiger partial charge in [0.05, 0.1) is 45.5 Å². The van der Waals surface area contributed by atoms with Crippen LogP contribution in [0.3, 0.4) is 0 Å². The first kappa shape index (κ1) is 20.4. The molecule has 0 aliphatic heterocycles. The van der Waals surface area contributed by atoms with Crippen LogP contribution >= 0.6 is 23.2 Å². The second-order valence-corrected chi connectivity index (χ2v) is 7.75. The molecule has 0 spiro atoms. The molecule has 0 bridgehead atoms. The van der Waals surface area contributed by atoms with Crippen molar-refractivity contribution in [2.24, 2.45) is 11.8 Å². The molecule has 1 aliphatic rings. The molecule has 0 radical (unpaired) electrons.